The molecule has 1 aromatic carbocycles. The van der Waals surface area contributed by atoms with Crippen molar-refractivity contribution >= 4 is 40.0 Å². The Bertz CT molecular complexity index is 499. The first-order chi connectivity index (χ1) is 9.14. The van der Waals surface area contributed by atoms with Crippen molar-refractivity contribution in [1.29, 1.82) is 0 Å². The molecule has 0 aliphatic rings. The first-order valence-corrected chi connectivity index (χ1v) is 7.62. The number of rotatable bonds is 5. The number of aliphatic hydroxyl groups is 1. The highest BCUT2D eigenvalue weighted by atomic mass is 127. The van der Waals surface area contributed by atoms with E-state index in [1.54, 1.807) is 31.2 Å². The number of anilines is 1. The van der Waals surface area contributed by atoms with Gasteiger partial charge in [-0.3, -0.25) is 9.59 Å². The van der Waals surface area contributed by atoms with Gasteiger partial charge in [0.05, 0.1) is 5.41 Å². The van der Waals surface area contributed by atoms with Crippen molar-refractivity contribution in [2.45, 2.75) is 37.2 Å². The molecule has 3 atom stereocenters. The fraction of sp³-hybridized carbons (Fsp3) is 0.467. The molecule has 0 saturated carbocycles. The molecule has 4 nitrogen and oxygen atoms in total. The van der Waals surface area contributed by atoms with Gasteiger partial charge < -0.3 is 10.4 Å². The van der Waals surface area contributed by atoms with Crippen LogP contribution in [-0.4, -0.2) is 26.3 Å². The molecular formula is C15H20INO3. The van der Waals surface area contributed by atoms with Gasteiger partial charge in [0.25, 0.3) is 5.91 Å². The van der Waals surface area contributed by atoms with Crippen molar-refractivity contribution in [3.05, 3.63) is 30.3 Å². The molecule has 0 saturated heterocycles. The number of nitrogens with one attached hydrogen (secondary N) is 1. The normalized spacial score (nSPS) is 18.5. The predicted molar refractivity (Wildman–Crippen MR) is 88.0 cm³/mol. The van der Waals surface area contributed by atoms with Gasteiger partial charge in [0.2, 0.25) is 0 Å². The molecule has 0 aliphatic heterocycles. The van der Waals surface area contributed by atoms with Crippen LogP contribution in [0.2, 0.25) is 0 Å². The standard InChI is InChI=1S/C15H20INO3/c1-10(16)14(3,11(2)18)15(4,20)13(19)17-12-8-6-5-7-9-12/h5-10,20H,1-4H3,(H,17,19). The van der Waals surface area contributed by atoms with Crippen LogP contribution < -0.4 is 5.32 Å². The molecule has 1 amide bonds. The number of carbonyl (C=O) groups excluding carboxylic acids is 2. The minimum Gasteiger partial charge on any atom is -0.379 e. The quantitative estimate of drug-likeness (QED) is 0.601. The molecule has 0 aliphatic carbocycles. The summed E-state index contributed by atoms with van der Waals surface area (Å²) in [6.45, 7) is 6.23. The summed E-state index contributed by atoms with van der Waals surface area (Å²) in [5.41, 5.74) is -2.37. The van der Waals surface area contributed by atoms with Crippen LogP contribution >= 0.6 is 22.6 Å². The summed E-state index contributed by atoms with van der Waals surface area (Å²) in [4.78, 5) is 24.3. The number of Topliss-reactive ketones (excluding diaryl/α,β-unsaturated/α-hetero) is 1. The average molecular weight is 389 g/mol. The molecule has 0 fully saturated rings. The number of hydrogen-bond donors (Lipinski definition) is 2. The second kappa shape index (κ2) is 6.22. The smallest absolute Gasteiger partial charge is 0.257 e. The van der Waals surface area contributed by atoms with Gasteiger partial charge in [0, 0.05) is 9.61 Å². The first-order valence-electron chi connectivity index (χ1n) is 6.38. The van der Waals surface area contributed by atoms with Crippen molar-refractivity contribution in [3.8, 4) is 0 Å². The van der Waals surface area contributed by atoms with E-state index in [9.17, 15) is 14.7 Å². The Balaban J connectivity index is 3.08. The third-order valence-corrected chi connectivity index (χ3v) is 5.26. The summed E-state index contributed by atoms with van der Waals surface area (Å²) in [5.74, 6) is -0.794. The molecule has 5 heteroatoms. The van der Waals surface area contributed by atoms with Gasteiger partial charge >= 0.3 is 0 Å². The van der Waals surface area contributed by atoms with E-state index in [4.69, 9.17) is 0 Å². The van der Waals surface area contributed by atoms with Crippen molar-refractivity contribution in [1.82, 2.24) is 0 Å². The SMILES string of the molecule is CC(=O)C(C)(C(C)I)C(C)(O)C(=O)Nc1ccccc1. The molecule has 1 aromatic rings. The van der Waals surface area contributed by atoms with Crippen LogP contribution in [0.15, 0.2) is 30.3 Å². The molecule has 0 aromatic heterocycles. The summed E-state index contributed by atoms with van der Waals surface area (Å²) < 4.78 is -0.200. The van der Waals surface area contributed by atoms with Crippen LogP contribution in [0, 0.1) is 5.41 Å². The number of ketones is 1. The Morgan fingerprint density at radius 1 is 1.25 bits per heavy atom. The van der Waals surface area contributed by atoms with E-state index in [1.165, 1.54) is 13.8 Å². The van der Waals surface area contributed by atoms with E-state index in [-0.39, 0.29) is 9.71 Å². The van der Waals surface area contributed by atoms with Crippen LogP contribution in [0.25, 0.3) is 0 Å². The monoisotopic (exact) mass is 389 g/mol. The number of alkyl halides is 1. The zero-order chi connectivity index (χ0) is 15.6. The lowest BCUT2D eigenvalue weighted by molar-refractivity contribution is -0.155. The van der Waals surface area contributed by atoms with Gasteiger partial charge in [-0.25, -0.2) is 0 Å². The van der Waals surface area contributed by atoms with E-state index in [1.807, 2.05) is 13.0 Å². The third-order valence-electron chi connectivity index (χ3n) is 4.01. The second-order valence-electron chi connectivity index (χ2n) is 5.27. The highest BCUT2D eigenvalue weighted by molar-refractivity contribution is 14.1. The molecule has 0 spiro atoms. The van der Waals surface area contributed by atoms with Crippen molar-refractivity contribution in [3.63, 3.8) is 0 Å². The first kappa shape index (κ1) is 17.1. The maximum absolute atomic E-state index is 12.4. The summed E-state index contributed by atoms with van der Waals surface area (Å²) in [6.07, 6.45) is 0. The topological polar surface area (TPSA) is 66.4 Å². The Kier molecular flexibility index (Phi) is 5.32. The predicted octanol–water partition coefficient (Wildman–Crippen LogP) is 2.79. The van der Waals surface area contributed by atoms with Crippen molar-refractivity contribution in [2.75, 3.05) is 5.32 Å². The minimum atomic E-state index is -1.80. The Labute approximate surface area is 133 Å². The van der Waals surface area contributed by atoms with Gasteiger partial charge in [-0.05, 0) is 32.9 Å². The lowest BCUT2D eigenvalue weighted by atomic mass is 9.69. The van der Waals surface area contributed by atoms with E-state index >= 15 is 0 Å². The van der Waals surface area contributed by atoms with E-state index in [0.717, 1.165) is 0 Å². The fourth-order valence-electron chi connectivity index (χ4n) is 2.02. The Morgan fingerprint density at radius 2 is 1.75 bits per heavy atom. The molecule has 20 heavy (non-hydrogen) atoms. The van der Waals surface area contributed by atoms with E-state index < -0.39 is 16.9 Å². The molecule has 2 N–H and O–H groups in total. The fourth-order valence-corrected chi connectivity index (χ4v) is 3.07. The van der Waals surface area contributed by atoms with Crippen LogP contribution in [0.5, 0.6) is 0 Å². The maximum atomic E-state index is 12.4. The number of benzene rings is 1. The van der Waals surface area contributed by atoms with Gasteiger partial charge in [-0.1, -0.05) is 47.7 Å². The molecule has 0 radical (unpaired) electrons. The Morgan fingerprint density at radius 3 is 2.15 bits per heavy atom. The molecule has 0 heterocycles. The summed E-state index contributed by atoms with van der Waals surface area (Å²) >= 11 is 2.07. The Hall–Kier alpha value is -0.950. The number of hydrogen-bond acceptors (Lipinski definition) is 3. The molecule has 110 valence electrons. The molecular weight excluding hydrogens is 369 g/mol. The zero-order valence-corrected chi connectivity index (χ0v) is 14.3. The number of para-hydroxylation sites is 1. The number of amides is 1. The average Bonchev–Trinajstić information content (AvgIpc) is 2.37. The van der Waals surface area contributed by atoms with E-state index in [0.29, 0.717) is 5.69 Å². The minimum absolute atomic E-state index is 0.200. The molecule has 0 bridgehead atoms. The molecule has 3 unspecified atom stereocenters. The summed E-state index contributed by atoms with van der Waals surface area (Å²) in [5, 5.41) is 13.3. The van der Waals surface area contributed by atoms with Crippen LogP contribution in [0.1, 0.15) is 27.7 Å². The van der Waals surface area contributed by atoms with Gasteiger partial charge in [0.1, 0.15) is 5.78 Å². The van der Waals surface area contributed by atoms with Crippen LogP contribution in [-0.2, 0) is 9.59 Å². The summed E-state index contributed by atoms with van der Waals surface area (Å²) in [7, 11) is 0. The number of carbonyl (C=O) groups is 2. The lowest BCUT2D eigenvalue weighted by Crippen LogP contribution is -2.59. The van der Waals surface area contributed by atoms with Crippen LogP contribution in [0.3, 0.4) is 0 Å². The van der Waals surface area contributed by atoms with Gasteiger partial charge in [-0.2, -0.15) is 0 Å². The van der Waals surface area contributed by atoms with E-state index in [2.05, 4.69) is 27.9 Å². The zero-order valence-electron chi connectivity index (χ0n) is 12.1. The van der Waals surface area contributed by atoms with Crippen LogP contribution in [0.4, 0.5) is 5.69 Å². The highest BCUT2D eigenvalue weighted by Crippen LogP contribution is 2.40. The number of halogens is 1. The highest BCUT2D eigenvalue weighted by Gasteiger charge is 2.54. The van der Waals surface area contributed by atoms with Gasteiger partial charge in [-0.15, -0.1) is 0 Å². The lowest BCUT2D eigenvalue weighted by Gasteiger charge is -2.41. The van der Waals surface area contributed by atoms with Crippen molar-refractivity contribution in [2.24, 2.45) is 5.41 Å². The second-order valence-corrected chi connectivity index (χ2v) is 7.14. The van der Waals surface area contributed by atoms with Crippen molar-refractivity contribution < 1.29 is 14.7 Å². The maximum Gasteiger partial charge on any atom is 0.257 e. The van der Waals surface area contributed by atoms with Gasteiger partial charge in [0.15, 0.2) is 5.60 Å². The third kappa shape index (κ3) is 3.03. The largest absolute Gasteiger partial charge is 0.379 e. The summed E-state index contributed by atoms with van der Waals surface area (Å²) in [6, 6.07) is 8.87. The molecule has 1 rings (SSSR count).